The highest BCUT2D eigenvalue weighted by Gasteiger charge is 2.30. The van der Waals surface area contributed by atoms with E-state index in [1.807, 2.05) is 0 Å². The SMILES string of the molecule is CC1COc2ccc3ccccc3c2-c2c(ccc3ccccc23)OC1.Cc1ccc2c3c(ccc2c1)OCC(C)COc1ccc2cc(C)ccc2c1-3.Cc1ccc2c3c(ccc2c1)OCC(C)COc1ccc2ccc(C)cc2c1-3.Cc1ccc2c3c(ccc2c1)OCC(C)COc1ccc2ccccc2c1-3.Cc1ccc2ccc3c(c2c1)-c1c(ccc2ccccc12)OCC(C)CO3. The van der Waals surface area contributed by atoms with Gasteiger partial charge in [-0.1, -0.05) is 335 Å². The molecule has 676 valence electrons. The molecule has 3 atom stereocenters. The second kappa shape index (κ2) is 37.8. The Bertz CT molecular complexity index is 7840. The third-order valence-corrected chi connectivity index (χ3v) is 26.9. The Hall–Kier alpha value is -15.0. The zero-order chi connectivity index (χ0) is 92.8. The van der Waals surface area contributed by atoms with Gasteiger partial charge in [-0.05, 0) is 210 Å². The van der Waals surface area contributed by atoms with Gasteiger partial charge < -0.3 is 47.4 Å². The van der Waals surface area contributed by atoms with Crippen LogP contribution in [0.15, 0.2) is 328 Å². The van der Waals surface area contributed by atoms with Crippen LogP contribution in [0.5, 0.6) is 57.5 Å². The summed E-state index contributed by atoms with van der Waals surface area (Å²) in [6, 6.07) is 116. The van der Waals surface area contributed by atoms with Crippen molar-refractivity contribution in [2.45, 2.75) is 76.2 Å². The van der Waals surface area contributed by atoms with Crippen molar-refractivity contribution in [1.29, 1.82) is 0 Å². The molecule has 0 fully saturated rings. The molecule has 0 bridgehead atoms. The van der Waals surface area contributed by atoms with E-state index < -0.39 is 0 Å². The van der Waals surface area contributed by atoms with Gasteiger partial charge in [0.1, 0.15) is 57.5 Å². The van der Waals surface area contributed by atoms with Crippen molar-refractivity contribution in [3.63, 3.8) is 0 Å². The first-order valence-corrected chi connectivity index (χ1v) is 48.0. The van der Waals surface area contributed by atoms with Crippen LogP contribution >= 0.6 is 0 Å². The van der Waals surface area contributed by atoms with Gasteiger partial charge in [-0.2, -0.15) is 0 Å². The fourth-order valence-electron chi connectivity index (χ4n) is 19.9. The van der Waals surface area contributed by atoms with Gasteiger partial charge in [-0.15, -0.1) is 0 Å². The number of ether oxygens (including phenoxy) is 10. The number of rotatable bonds is 0. The fraction of sp³-hybridized carbons (Fsp3) is 0.206. The molecule has 25 rings (SSSR count). The van der Waals surface area contributed by atoms with E-state index in [9.17, 15) is 0 Å². The highest BCUT2D eigenvalue weighted by atomic mass is 16.5. The summed E-state index contributed by atoms with van der Waals surface area (Å²) in [4.78, 5) is 0. The zero-order valence-electron chi connectivity index (χ0n) is 79.2. The van der Waals surface area contributed by atoms with Crippen LogP contribution in [0.3, 0.4) is 0 Å². The van der Waals surface area contributed by atoms with E-state index in [1.54, 1.807) is 0 Å². The molecule has 0 spiro atoms. The third kappa shape index (κ3) is 17.6. The lowest BCUT2D eigenvalue weighted by Crippen LogP contribution is -2.15. The van der Waals surface area contributed by atoms with Gasteiger partial charge in [0, 0.05) is 85.2 Å². The Morgan fingerprint density at radius 2 is 0.279 bits per heavy atom. The van der Waals surface area contributed by atoms with Crippen molar-refractivity contribution >= 4 is 108 Å². The van der Waals surface area contributed by atoms with Crippen LogP contribution in [-0.2, 0) is 0 Å². The summed E-state index contributed by atoms with van der Waals surface area (Å²) in [5, 5.41) is 24.2. The van der Waals surface area contributed by atoms with Crippen molar-refractivity contribution in [1.82, 2.24) is 0 Å². The lowest BCUT2D eigenvalue weighted by Gasteiger charge is -2.18. The molecule has 10 heteroatoms. The number of hydrogen-bond acceptors (Lipinski definition) is 10. The molecular formula is C126H112O10. The Labute approximate surface area is 795 Å². The van der Waals surface area contributed by atoms with E-state index in [0.29, 0.717) is 95.7 Å². The van der Waals surface area contributed by atoms with E-state index in [2.05, 4.69) is 404 Å². The molecule has 3 unspecified atom stereocenters. The molecular weight excluding hydrogens is 1670 g/mol. The molecule has 0 amide bonds. The van der Waals surface area contributed by atoms with E-state index in [-0.39, 0.29) is 0 Å². The molecule has 10 nitrogen and oxygen atoms in total. The molecule has 0 aliphatic carbocycles. The summed E-state index contributed by atoms with van der Waals surface area (Å²) >= 11 is 0. The van der Waals surface area contributed by atoms with E-state index >= 15 is 0 Å². The van der Waals surface area contributed by atoms with Crippen molar-refractivity contribution < 1.29 is 47.4 Å². The molecule has 20 aromatic rings. The van der Waals surface area contributed by atoms with E-state index in [4.69, 9.17) is 47.4 Å². The molecule has 5 aliphatic heterocycles. The standard InChI is InChI=1S/2C26H24O2.2C25H22O2.C24H20O2/c1-16-4-8-21-19(12-16)6-10-23-25(21)26-22-9-5-17(2)13-20(22)7-11-24(26)28-15-18(3)14-27-23;1-16-5-9-21-20(12-16)8-11-23-25(21)26-22-13-17(2)4-6-19(22)7-10-24(26)28-15-18(3)14-27-23;1-16-7-10-21-19(13-16)9-12-23-25(21)24-20-6-4-3-5-18(20)8-11-22(24)26-14-17(2)15-27-23;1-16-7-8-19-10-12-23-25(21(19)13-16)24-20-6-4-3-5-18(20)9-11-22(24)26-14-17(2)15-27-23;1-16-14-25-21-12-10-17-6-2-4-8-19(17)23(21)24-20-9-5-3-7-18(20)11-13-22(24)26-15-16/h2*4-13,18H,14-15H2,1-3H3;2*3-13,17H,14-15H2,1-2H3;2-13,16H,14-15H2,1H3. The third-order valence-electron chi connectivity index (χ3n) is 26.9. The Balaban J connectivity index is 0.000000102. The lowest BCUT2D eigenvalue weighted by atomic mass is 9.91. The maximum Gasteiger partial charge on any atom is 0.127 e. The average molecular weight is 1790 g/mol. The van der Waals surface area contributed by atoms with Crippen LogP contribution in [0.2, 0.25) is 0 Å². The Morgan fingerprint density at radius 3 is 0.478 bits per heavy atom. The highest BCUT2D eigenvalue weighted by Crippen LogP contribution is 2.54. The van der Waals surface area contributed by atoms with Crippen LogP contribution in [0.1, 0.15) is 68.0 Å². The van der Waals surface area contributed by atoms with Gasteiger partial charge in [0.05, 0.1) is 66.1 Å². The maximum atomic E-state index is 6.32. The smallest absolute Gasteiger partial charge is 0.127 e. The Kier molecular flexibility index (Phi) is 24.4. The van der Waals surface area contributed by atoms with E-state index in [1.165, 1.54) is 141 Å². The van der Waals surface area contributed by atoms with Gasteiger partial charge in [0.2, 0.25) is 0 Å². The first-order chi connectivity index (χ1) is 66.4. The van der Waals surface area contributed by atoms with Gasteiger partial charge in [-0.25, -0.2) is 0 Å². The maximum absolute atomic E-state index is 6.32. The van der Waals surface area contributed by atoms with Crippen LogP contribution in [-0.4, -0.2) is 66.1 Å². The van der Waals surface area contributed by atoms with Crippen LogP contribution < -0.4 is 47.4 Å². The summed E-state index contributed by atoms with van der Waals surface area (Å²) in [6.45, 7) is 30.1. The minimum absolute atomic E-state index is 0.320. The molecule has 0 radical (unpaired) electrons. The lowest BCUT2D eigenvalue weighted by molar-refractivity contribution is 0.192. The number of benzene rings is 20. The first kappa shape index (κ1) is 87.6. The second-order valence-electron chi connectivity index (χ2n) is 38.3. The second-order valence-corrected chi connectivity index (χ2v) is 38.3. The molecule has 5 heterocycles. The molecule has 0 aromatic heterocycles. The quantitative estimate of drug-likeness (QED) is 0.146. The zero-order valence-corrected chi connectivity index (χ0v) is 79.2. The summed E-state index contributed by atoms with van der Waals surface area (Å²) < 4.78 is 62.9. The van der Waals surface area contributed by atoms with Crippen molar-refractivity contribution in [3.05, 3.63) is 361 Å². The van der Waals surface area contributed by atoms with Gasteiger partial charge in [0.15, 0.2) is 0 Å². The highest BCUT2D eigenvalue weighted by molar-refractivity contribution is 6.16. The number of fused-ring (bicyclic) bond motifs is 35. The number of aryl methyl sites for hydroxylation is 6. The topological polar surface area (TPSA) is 92.3 Å². The van der Waals surface area contributed by atoms with Crippen LogP contribution in [0.25, 0.3) is 163 Å². The Morgan fingerprint density at radius 1 is 0.140 bits per heavy atom. The summed E-state index contributed by atoms with van der Waals surface area (Å²) in [5.41, 5.74) is 18.9. The summed E-state index contributed by atoms with van der Waals surface area (Å²) in [6.07, 6.45) is 0. The minimum Gasteiger partial charge on any atom is -0.493 e. The monoisotopic (exact) mass is 1780 g/mol. The van der Waals surface area contributed by atoms with Crippen LogP contribution in [0.4, 0.5) is 0 Å². The molecule has 136 heavy (non-hydrogen) atoms. The van der Waals surface area contributed by atoms with Gasteiger partial charge in [0.25, 0.3) is 0 Å². The van der Waals surface area contributed by atoms with Crippen molar-refractivity contribution in [3.8, 4) is 113 Å². The molecule has 0 saturated carbocycles. The van der Waals surface area contributed by atoms with Gasteiger partial charge >= 0.3 is 0 Å². The van der Waals surface area contributed by atoms with Crippen molar-refractivity contribution in [2.75, 3.05) is 66.1 Å². The molecule has 20 aromatic carbocycles. The fourth-order valence-corrected chi connectivity index (χ4v) is 19.9. The normalized spacial score (nSPS) is 15.6. The predicted octanol–water partition coefficient (Wildman–Crippen LogP) is 32.2. The van der Waals surface area contributed by atoms with Crippen molar-refractivity contribution in [2.24, 2.45) is 29.6 Å². The molecule has 0 N–H and O–H groups in total. The predicted molar refractivity (Wildman–Crippen MR) is 564 cm³/mol. The number of hydrogen-bond donors (Lipinski definition) is 0. The van der Waals surface area contributed by atoms with Crippen LogP contribution in [0, 0.1) is 71.1 Å². The largest absolute Gasteiger partial charge is 0.493 e. The van der Waals surface area contributed by atoms with E-state index in [0.717, 1.165) is 113 Å². The minimum atomic E-state index is 0.320. The molecule has 0 saturated heterocycles. The summed E-state index contributed by atoms with van der Waals surface area (Å²) in [7, 11) is 0. The van der Waals surface area contributed by atoms with Gasteiger partial charge in [-0.3, -0.25) is 0 Å². The average Bonchev–Trinajstić information content (AvgIpc) is 1.10. The molecule has 5 aliphatic rings. The first-order valence-electron chi connectivity index (χ1n) is 48.0. The summed E-state index contributed by atoms with van der Waals surface area (Å²) in [5.74, 6) is 10.9.